The number of aryl methyl sites for hydroxylation is 1. The molecule has 2 amide bonds. The van der Waals surface area contributed by atoms with Crippen molar-refractivity contribution in [3.8, 4) is 10.8 Å². The Kier molecular flexibility index (Phi) is 4.72. The summed E-state index contributed by atoms with van der Waals surface area (Å²) in [5.41, 5.74) is 1.51. The van der Waals surface area contributed by atoms with Gasteiger partial charge in [-0.1, -0.05) is 17.4 Å². The van der Waals surface area contributed by atoms with Crippen LogP contribution in [0.2, 0.25) is 0 Å². The maximum atomic E-state index is 13.4. The number of carbonyl (C=O) groups excluding carboxylic acids is 1. The fourth-order valence-corrected chi connectivity index (χ4v) is 3.62. The number of urea groups is 1. The van der Waals surface area contributed by atoms with Crippen molar-refractivity contribution in [2.75, 3.05) is 16.8 Å². The van der Waals surface area contributed by atoms with Crippen molar-refractivity contribution in [3.63, 3.8) is 0 Å². The average molecular weight is 387 g/mol. The summed E-state index contributed by atoms with van der Waals surface area (Å²) in [5.74, 6) is -0.357. The van der Waals surface area contributed by atoms with Gasteiger partial charge in [-0.15, -0.1) is 0 Å². The number of hydrogen-bond donors (Lipinski definition) is 1. The summed E-state index contributed by atoms with van der Waals surface area (Å²) in [6, 6.07) is 9.85. The van der Waals surface area contributed by atoms with E-state index in [9.17, 15) is 13.6 Å². The van der Waals surface area contributed by atoms with Crippen LogP contribution in [0, 0.1) is 11.6 Å². The lowest BCUT2D eigenvalue weighted by Gasteiger charge is -2.29. The number of nitrogens with zero attached hydrogens (tertiary/aromatic N) is 2. The molecule has 0 atom stereocenters. The van der Waals surface area contributed by atoms with Gasteiger partial charge in [0.25, 0.3) is 0 Å². The van der Waals surface area contributed by atoms with E-state index in [0.29, 0.717) is 28.2 Å². The molecule has 0 unspecified atom stereocenters. The molecule has 4 rings (SSSR count). The third-order valence-corrected chi connectivity index (χ3v) is 4.91. The molecule has 3 aromatic rings. The number of fused-ring (bicyclic) bond motifs is 1. The number of nitrogens with one attached hydrogen (secondary N) is 1. The van der Waals surface area contributed by atoms with Crippen LogP contribution in [0.4, 0.5) is 24.4 Å². The van der Waals surface area contributed by atoms with Crippen LogP contribution in [0.5, 0.6) is 10.8 Å². The predicted molar refractivity (Wildman–Crippen MR) is 99.7 cm³/mol. The van der Waals surface area contributed by atoms with Crippen LogP contribution >= 0.6 is 11.3 Å². The summed E-state index contributed by atoms with van der Waals surface area (Å²) in [6.45, 7) is 0.544. The van der Waals surface area contributed by atoms with Crippen LogP contribution in [0.1, 0.15) is 12.0 Å². The van der Waals surface area contributed by atoms with E-state index in [1.165, 1.54) is 30.5 Å². The van der Waals surface area contributed by atoms with Crippen molar-refractivity contribution in [1.82, 2.24) is 4.98 Å². The van der Waals surface area contributed by atoms with Gasteiger partial charge in [-0.05, 0) is 48.7 Å². The molecule has 1 N–H and O–H groups in total. The summed E-state index contributed by atoms with van der Waals surface area (Å²) < 4.78 is 32.2. The van der Waals surface area contributed by atoms with E-state index >= 15 is 0 Å². The highest BCUT2D eigenvalue weighted by atomic mass is 32.1. The van der Waals surface area contributed by atoms with Crippen LogP contribution in [0.25, 0.3) is 0 Å². The maximum Gasteiger partial charge on any atom is 0.328 e. The van der Waals surface area contributed by atoms with Gasteiger partial charge in [-0.25, -0.2) is 18.6 Å². The van der Waals surface area contributed by atoms with Crippen molar-refractivity contribution >= 4 is 28.2 Å². The Labute approximate surface area is 158 Å². The van der Waals surface area contributed by atoms with Crippen LogP contribution in [0.15, 0.2) is 48.7 Å². The molecule has 0 bridgehead atoms. The van der Waals surface area contributed by atoms with Gasteiger partial charge in [0.1, 0.15) is 17.4 Å². The van der Waals surface area contributed by atoms with E-state index in [0.717, 1.165) is 29.7 Å². The Morgan fingerprint density at radius 2 is 2.04 bits per heavy atom. The number of halogens is 2. The van der Waals surface area contributed by atoms with Gasteiger partial charge in [-0.3, -0.25) is 10.2 Å². The number of thiazole rings is 1. The van der Waals surface area contributed by atoms with Crippen LogP contribution in [-0.4, -0.2) is 17.6 Å². The van der Waals surface area contributed by atoms with Crippen molar-refractivity contribution in [1.29, 1.82) is 0 Å². The maximum absolute atomic E-state index is 13.4. The Bertz CT molecular complexity index is 993. The third-order valence-electron chi connectivity index (χ3n) is 4.12. The number of hydrogen-bond acceptors (Lipinski definition) is 4. The average Bonchev–Trinajstić information content (AvgIpc) is 3.07. The molecule has 0 spiro atoms. The molecular formula is C19H15F2N3O2S. The molecule has 1 aromatic heterocycles. The fraction of sp³-hybridized carbons (Fsp3) is 0.158. The zero-order chi connectivity index (χ0) is 18.8. The molecule has 138 valence electrons. The van der Waals surface area contributed by atoms with E-state index in [1.807, 2.05) is 0 Å². The minimum atomic E-state index is -0.397. The SMILES string of the molecule is O=C(Nc1ncc(Oc2cccc(F)c2)s1)N1CCCc2cc(F)ccc21. The predicted octanol–water partition coefficient (Wildman–Crippen LogP) is 5.20. The monoisotopic (exact) mass is 387 g/mol. The molecule has 2 aromatic carbocycles. The number of amides is 2. The van der Waals surface area contributed by atoms with Crippen LogP contribution < -0.4 is 15.0 Å². The van der Waals surface area contributed by atoms with Crippen LogP contribution in [0.3, 0.4) is 0 Å². The van der Waals surface area contributed by atoms with Gasteiger partial charge in [0.15, 0.2) is 5.13 Å². The van der Waals surface area contributed by atoms with E-state index in [4.69, 9.17) is 4.74 Å². The van der Waals surface area contributed by atoms with Crippen molar-refractivity contribution in [2.24, 2.45) is 0 Å². The quantitative estimate of drug-likeness (QED) is 0.672. The van der Waals surface area contributed by atoms with Gasteiger partial charge in [-0.2, -0.15) is 0 Å². The normalized spacial score (nSPS) is 13.2. The highest BCUT2D eigenvalue weighted by molar-refractivity contribution is 7.17. The second-order valence-electron chi connectivity index (χ2n) is 6.00. The second-order valence-corrected chi connectivity index (χ2v) is 7.00. The summed E-state index contributed by atoms with van der Waals surface area (Å²) in [5, 5.41) is 3.52. The largest absolute Gasteiger partial charge is 0.445 e. The molecule has 1 aliphatic heterocycles. The van der Waals surface area contributed by atoms with Crippen molar-refractivity contribution in [3.05, 3.63) is 65.9 Å². The molecule has 1 aliphatic rings. The first-order chi connectivity index (χ1) is 13.1. The summed E-state index contributed by atoms with van der Waals surface area (Å²) in [7, 11) is 0. The van der Waals surface area contributed by atoms with Gasteiger partial charge in [0, 0.05) is 18.3 Å². The number of benzene rings is 2. The lowest BCUT2D eigenvalue weighted by Crippen LogP contribution is -2.38. The molecule has 5 nitrogen and oxygen atoms in total. The zero-order valence-electron chi connectivity index (χ0n) is 14.1. The first-order valence-electron chi connectivity index (χ1n) is 8.35. The number of carbonyl (C=O) groups is 1. The Hall–Kier alpha value is -3.00. The summed E-state index contributed by atoms with van der Waals surface area (Å²) in [6.07, 6.45) is 2.96. The summed E-state index contributed by atoms with van der Waals surface area (Å²) >= 11 is 1.14. The van der Waals surface area contributed by atoms with E-state index in [1.54, 1.807) is 23.1 Å². The van der Waals surface area contributed by atoms with E-state index < -0.39 is 5.82 Å². The summed E-state index contributed by atoms with van der Waals surface area (Å²) in [4.78, 5) is 18.3. The molecule has 0 radical (unpaired) electrons. The molecule has 0 fully saturated rings. The molecule has 0 saturated heterocycles. The smallest absolute Gasteiger partial charge is 0.328 e. The van der Waals surface area contributed by atoms with Gasteiger partial charge in [0.2, 0.25) is 5.06 Å². The Morgan fingerprint density at radius 3 is 2.89 bits per heavy atom. The highest BCUT2D eigenvalue weighted by Crippen LogP contribution is 2.32. The minimum absolute atomic E-state index is 0.310. The number of anilines is 2. The van der Waals surface area contributed by atoms with E-state index in [2.05, 4.69) is 10.3 Å². The van der Waals surface area contributed by atoms with Crippen LogP contribution in [-0.2, 0) is 6.42 Å². The van der Waals surface area contributed by atoms with Gasteiger partial charge >= 0.3 is 6.03 Å². The van der Waals surface area contributed by atoms with Crippen molar-refractivity contribution in [2.45, 2.75) is 12.8 Å². The first kappa shape index (κ1) is 17.4. The standard InChI is InChI=1S/C19H15F2N3O2S/c20-13-4-1-5-15(10-13)26-17-11-22-18(27-17)23-19(25)24-8-2-3-12-9-14(21)6-7-16(12)24/h1,4-7,9-11H,2-3,8H2,(H,22,23,25). The molecule has 2 heterocycles. The Balaban J connectivity index is 1.46. The highest BCUT2D eigenvalue weighted by Gasteiger charge is 2.23. The minimum Gasteiger partial charge on any atom is -0.445 e. The first-order valence-corrected chi connectivity index (χ1v) is 9.16. The van der Waals surface area contributed by atoms with Gasteiger partial charge in [0.05, 0.1) is 6.20 Å². The van der Waals surface area contributed by atoms with Crippen molar-refractivity contribution < 1.29 is 18.3 Å². The third kappa shape index (κ3) is 3.90. The molecule has 8 heteroatoms. The number of rotatable bonds is 3. The molecule has 0 saturated carbocycles. The lowest BCUT2D eigenvalue weighted by atomic mass is 10.0. The molecule has 27 heavy (non-hydrogen) atoms. The molecular weight excluding hydrogens is 372 g/mol. The van der Waals surface area contributed by atoms with E-state index in [-0.39, 0.29) is 11.8 Å². The Morgan fingerprint density at radius 1 is 1.19 bits per heavy atom. The fourth-order valence-electron chi connectivity index (χ4n) is 2.95. The number of ether oxygens (including phenoxy) is 1. The molecule has 0 aliphatic carbocycles. The lowest BCUT2D eigenvalue weighted by molar-refractivity contribution is 0.256. The number of aromatic nitrogens is 1. The topological polar surface area (TPSA) is 54.5 Å². The van der Waals surface area contributed by atoms with Gasteiger partial charge < -0.3 is 4.74 Å². The second kappa shape index (κ2) is 7.32. The zero-order valence-corrected chi connectivity index (χ0v) is 14.9.